The highest BCUT2D eigenvalue weighted by molar-refractivity contribution is 7.99. The molecule has 2 aromatic rings. The number of hydrogen-bond donors (Lipinski definition) is 2. The predicted molar refractivity (Wildman–Crippen MR) is 65.9 cm³/mol. The van der Waals surface area contributed by atoms with Gasteiger partial charge in [-0.1, -0.05) is 17.8 Å². The zero-order valence-electron chi connectivity index (χ0n) is 7.92. The van der Waals surface area contributed by atoms with E-state index in [0.29, 0.717) is 5.75 Å². The molecule has 76 valence electrons. The lowest BCUT2D eigenvalue weighted by Gasteiger charge is -2.02. The molecule has 2 aromatic carbocycles. The Bertz CT molecular complexity index is 451. The number of rotatable bonds is 2. The molecule has 0 aromatic heterocycles. The smallest absolute Gasteiger partial charge is 0.115 e. The van der Waals surface area contributed by atoms with Crippen molar-refractivity contribution < 1.29 is 5.11 Å². The van der Waals surface area contributed by atoms with Crippen LogP contribution < -0.4 is 0 Å². The molecular weight excluding hydrogens is 224 g/mol. The molecule has 1 N–H and O–H groups in total. The van der Waals surface area contributed by atoms with Crippen LogP contribution in [0.4, 0.5) is 0 Å². The highest BCUT2D eigenvalue weighted by Gasteiger charge is 1.97. The maximum atomic E-state index is 9.15. The second-order valence-corrected chi connectivity index (χ2v) is 4.76. The van der Waals surface area contributed by atoms with E-state index in [1.165, 1.54) is 0 Å². The monoisotopic (exact) mass is 234 g/mol. The summed E-state index contributed by atoms with van der Waals surface area (Å²) in [5, 5.41) is 9.15. The normalized spacial score (nSPS) is 10.2. The predicted octanol–water partition coefficient (Wildman–Crippen LogP) is 3.83. The number of thiol groups is 1. The fraction of sp³-hybridized carbons (Fsp3) is 0. The van der Waals surface area contributed by atoms with Crippen LogP contribution in [0.2, 0.25) is 0 Å². The van der Waals surface area contributed by atoms with E-state index >= 15 is 0 Å². The van der Waals surface area contributed by atoms with Crippen molar-refractivity contribution in [2.24, 2.45) is 0 Å². The summed E-state index contributed by atoms with van der Waals surface area (Å²) in [6, 6.07) is 15.1. The summed E-state index contributed by atoms with van der Waals surface area (Å²) in [6.45, 7) is 0. The van der Waals surface area contributed by atoms with Crippen molar-refractivity contribution in [2.45, 2.75) is 14.7 Å². The van der Waals surface area contributed by atoms with Crippen LogP contribution in [0.1, 0.15) is 0 Å². The van der Waals surface area contributed by atoms with Crippen molar-refractivity contribution in [2.75, 3.05) is 0 Å². The van der Waals surface area contributed by atoms with Crippen LogP contribution in [-0.2, 0) is 0 Å². The Morgan fingerprint density at radius 3 is 2.33 bits per heavy atom. The average Bonchev–Trinajstić information content (AvgIpc) is 2.22. The first kappa shape index (κ1) is 10.5. The van der Waals surface area contributed by atoms with Gasteiger partial charge in [-0.25, -0.2) is 0 Å². The molecule has 0 heterocycles. The zero-order chi connectivity index (χ0) is 10.7. The van der Waals surface area contributed by atoms with Gasteiger partial charge in [0.15, 0.2) is 0 Å². The van der Waals surface area contributed by atoms with E-state index in [2.05, 4.69) is 12.6 Å². The number of benzene rings is 2. The van der Waals surface area contributed by atoms with Crippen LogP contribution in [0.15, 0.2) is 63.2 Å². The molecule has 0 aliphatic rings. The summed E-state index contributed by atoms with van der Waals surface area (Å²) < 4.78 is 0. The van der Waals surface area contributed by atoms with Crippen LogP contribution >= 0.6 is 24.4 Å². The van der Waals surface area contributed by atoms with Crippen LogP contribution in [-0.4, -0.2) is 5.11 Å². The molecule has 0 saturated heterocycles. The maximum Gasteiger partial charge on any atom is 0.115 e. The Labute approximate surface area is 98.6 Å². The molecule has 0 aliphatic heterocycles. The van der Waals surface area contributed by atoms with Crippen molar-refractivity contribution in [3.63, 3.8) is 0 Å². The quantitative estimate of drug-likeness (QED) is 0.770. The first-order chi connectivity index (χ1) is 7.24. The minimum absolute atomic E-state index is 0.294. The van der Waals surface area contributed by atoms with Crippen molar-refractivity contribution in [1.82, 2.24) is 0 Å². The summed E-state index contributed by atoms with van der Waals surface area (Å²) >= 11 is 5.93. The van der Waals surface area contributed by atoms with E-state index < -0.39 is 0 Å². The fourth-order valence-electron chi connectivity index (χ4n) is 1.20. The van der Waals surface area contributed by atoms with Gasteiger partial charge in [0.25, 0.3) is 0 Å². The third-order valence-electron chi connectivity index (χ3n) is 1.89. The van der Waals surface area contributed by atoms with Gasteiger partial charge in [-0.2, -0.15) is 0 Å². The van der Waals surface area contributed by atoms with E-state index in [0.717, 1.165) is 14.7 Å². The van der Waals surface area contributed by atoms with Crippen molar-refractivity contribution >= 4 is 24.4 Å². The van der Waals surface area contributed by atoms with Gasteiger partial charge in [0.1, 0.15) is 5.75 Å². The average molecular weight is 234 g/mol. The summed E-state index contributed by atoms with van der Waals surface area (Å²) in [5.74, 6) is 0.294. The second-order valence-electron chi connectivity index (χ2n) is 3.09. The molecule has 0 aliphatic carbocycles. The lowest BCUT2D eigenvalue weighted by molar-refractivity contribution is 0.475. The van der Waals surface area contributed by atoms with Crippen LogP contribution in [0, 0.1) is 0 Å². The Morgan fingerprint density at radius 1 is 0.933 bits per heavy atom. The summed E-state index contributed by atoms with van der Waals surface area (Å²) in [4.78, 5) is 3.21. The topological polar surface area (TPSA) is 20.2 Å². The van der Waals surface area contributed by atoms with E-state index in [1.54, 1.807) is 23.9 Å². The molecule has 0 radical (unpaired) electrons. The van der Waals surface area contributed by atoms with Crippen LogP contribution in [0.3, 0.4) is 0 Å². The second kappa shape index (κ2) is 4.64. The highest BCUT2D eigenvalue weighted by Crippen LogP contribution is 2.29. The lowest BCUT2D eigenvalue weighted by atomic mass is 10.3. The first-order valence-electron chi connectivity index (χ1n) is 4.50. The molecule has 1 nitrogen and oxygen atoms in total. The van der Waals surface area contributed by atoms with Crippen molar-refractivity contribution in [3.05, 3.63) is 48.5 Å². The molecule has 0 unspecified atom stereocenters. The number of aromatic hydroxyl groups is 1. The maximum absolute atomic E-state index is 9.15. The molecule has 0 amide bonds. The Kier molecular flexibility index (Phi) is 3.23. The molecule has 0 fully saturated rings. The van der Waals surface area contributed by atoms with Gasteiger partial charge in [0.2, 0.25) is 0 Å². The number of phenolic OH excluding ortho intramolecular Hbond substituents is 1. The third kappa shape index (κ3) is 2.94. The van der Waals surface area contributed by atoms with Gasteiger partial charge in [-0.15, -0.1) is 12.6 Å². The minimum Gasteiger partial charge on any atom is -0.508 e. The highest BCUT2D eigenvalue weighted by atomic mass is 32.2. The largest absolute Gasteiger partial charge is 0.508 e. The molecule has 0 bridgehead atoms. The molecule has 0 atom stereocenters. The van der Waals surface area contributed by atoms with Gasteiger partial charge in [0, 0.05) is 14.7 Å². The van der Waals surface area contributed by atoms with Gasteiger partial charge >= 0.3 is 0 Å². The third-order valence-corrected chi connectivity index (χ3v) is 3.17. The molecule has 0 saturated carbocycles. The van der Waals surface area contributed by atoms with E-state index in [4.69, 9.17) is 5.11 Å². The lowest BCUT2D eigenvalue weighted by Crippen LogP contribution is -1.73. The van der Waals surface area contributed by atoms with Crippen molar-refractivity contribution in [1.29, 1.82) is 0 Å². The summed E-state index contributed by atoms with van der Waals surface area (Å²) in [5.41, 5.74) is 0. The molecule has 2 rings (SSSR count). The summed E-state index contributed by atoms with van der Waals surface area (Å²) in [6.07, 6.45) is 0. The standard InChI is InChI=1S/C12H10OS2/c13-9-4-6-11(7-5-9)15-12-3-1-2-10(14)8-12/h1-8,13-14H. The minimum atomic E-state index is 0.294. The Balaban J connectivity index is 2.18. The van der Waals surface area contributed by atoms with E-state index in [1.807, 2.05) is 36.4 Å². The molecule has 3 heteroatoms. The van der Waals surface area contributed by atoms with Gasteiger partial charge < -0.3 is 5.11 Å². The van der Waals surface area contributed by atoms with Gasteiger partial charge in [0.05, 0.1) is 0 Å². The van der Waals surface area contributed by atoms with Gasteiger partial charge in [-0.05, 0) is 42.5 Å². The first-order valence-corrected chi connectivity index (χ1v) is 5.76. The SMILES string of the molecule is Oc1ccc(Sc2cccc(S)c2)cc1. The summed E-state index contributed by atoms with van der Waals surface area (Å²) in [7, 11) is 0. The molecule has 0 spiro atoms. The van der Waals surface area contributed by atoms with E-state index in [9.17, 15) is 0 Å². The Hall–Kier alpha value is -1.06. The van der Waals surface area contributed by atoms with Crippen molar-refractivity contribution in [3.8, 4) is 5.75 Å². The van der Waals surface area contributed by atoms with E-state index in [-0.39, 0.29) is 0 Å². The molecule has 15 heavy (non-hydrogen) atoms. The van der Waals surface area contributed by atoms with Gasteiger partial charge in [-0.3, -0.25) is 0 Å². The number of phenols is 1. The number of hydrogen-bond acceptors (Lipinski definition) is 3. The Morgan fingerprint density at radius 2 is 1.67 bits per heavy atom. The van der Waals surface area contributed by atoms with Crippen LogP contribution in [0.5, 0.6) is 5.75 Å². The molecular formula is C12H10OS2. The van der Waals surface area contributed by atoms with Crippen LogP contribution in [0.25, 0.3) is 0 Å². The fourth-order valence-corrected chi connectivity index (χ4v) is 2.39. The zero-order valence-corrected chi connectivity index (χ0v) is 9.63.